The van der Waals surface area contributed by atoms with Crippen molar-refractivity contribution in [3.05, 3.63) is 29.8 Å². The van der Waals surface area contributed by atoms with E-state index in [2.05, 4.69) is 0 Å². The summed E-state index contributed by atoms with van der Waals surface area (Å²) in [7, 11) is 0. The van der Waals surface area contributed by atoms with Crippen LogP contribution in [0.2, 0.25) is 0 Å². The molecule has 0 bridgehead atoms. The topological polar surface area (TPSA) is 26.3 Å². The highest BCUT2D eigenvalue weighted by Crippen LogP contribution is 2.52. The third-order valence-electron chi connectivity index (χ3n) is 3.76. The number of carbonyl (C=O) groups is 1. The zero-order valence-electron chi connectivity index (χ0n) is 9.48. The highest BCUT2D eigenvalue weighted by atomic mass is 16.5. The lowest BCUT2D eigenvalue weighted by molar-refractivity contribution is 0.101. The van der Waals surface area contributed by atoms with Crippen LogP contribution < -0.4 is 4.74 Å². The number of hydrogen-bond donors (Lipinski definition) is 0. The summed E-state index contributed by atoms with van der Waals surface area (Å²) < 4.78 is 5.90. The summed E-state index contributed by atoms with van der Waals surface area (Å²) >= 11 is 0. The molecule has 1 aromatic rings. The number of carbonyl (C=O) groups excluding carboxylic acids is 1. The normalized spacial score (nSPS) is 30.9. The Morgan fingerprint density at radius 1 is 1.12 bits per heavy atom. The van der Waals surface area contributed by atoms with Crippen LogP contribution in [0.15, 0.2) is 24.3 Å². The summed E-state index contributed by atoms with van der Waals surface area (Å²) in [6.45, 7) is 1.58. The first-order chi connectivity index (χ1) is 7.72. The van der Waals surface area contributed by atoms with Gasteiger partial charge in [-0.1, -0.05) is 0 Å². The molecule has 2 nitrogen and oxygen atoms in total. The quantitative estimate of drug-likeness (QED) is 0.726. The van der Waals surface area contributed by atoms with E-state index in [-0.39, 0.29) is 5.78 Å². The third-order valence-corrected chi connectivity index (χ3v) is 3.76. The summed E-state index contributed by atoms with van der Waals surface area (Å²) in [5.41, 5.74) is 0.751. The number of ketones is 1. The molecule has 0 aliphatic heterocycles. The van der Waals surface area contributed by atoms with Gasteiger partial charge in [-0.05, 0) is 62.3 Å². The SMILES string of the molecule is CC(=O)c1ccc(OC2CC3CC3C2)cc1. The Kier molecular flexibility index (Phi) is 2.23. The lowest BCUT2D eigenvalue weighted by Crippen LogP contribution is -2.13. The van der Waals surface area contributed by atoms with Crippen molar-refractivity contribution in [2.75, 3.05) is 0 Å². The van der Waals surface area contributed by atoms with Crippen LogP contribution in [-0.2, 0) is 0 Å². The van der Waals surface area contributed by atoms with E-state index in [0.29, 0.717) is 6.10 Å². The number of rotatable bonds is 3. The van der Waals surface area contributed by atoms with E-state index in [1.807, 2.05) is 24.3 Å². The minimum absolute atomic E-state index is 0.105. The van der Waals surface area contributed by atoms with Crippen molar-refractivity contribution in [2.24, 2.45) is 11.8 Å². The van der Waals surface area contributed by atoms with Crippen molar-refractivity contribution in [3.63, 3.8) is 0 Å². The van der Waals surface area contributed by atoms with Crippen LogP contribution in [0.25, 0.3) is 0 Å². The summed E-state index contributed by atoms with van der Waals surface area (Å²) in [5, 5.41) is 0. The molecule has 2 aliphatic carbocycles. The van der Waals surface area contributed by atoms with Gasteiger partial charge in [-0.15, -0.1) is 0 Å². The lowest BCUT2D eigenvalue weighted by atomic mass is 10.1. The third kappa shape index (κ3) is 1.84. The second kappa shape index (κ2) is 3.62. The molecule has 2 heteroatoms. The van der Waals surface area contributed by atoms with E-state index < -0.39 is 0 Å². The van der Waals surface area contributed by atoms with E-state index >= 15 is 0 Å². The number of Topliss-reactive ketones (excluding diaryl/α,β-unsaturated/α-hetero) is 1. The maximum atomic E-state index is 11.1. The number of benzene rings is 1. The summed E-state index contributed by atoms with van der Waals surface area (Å²) in [4.78, 5) is 11.1. The molecule has 0 saturated heterocycles. The molecule has 2 aliphatic rings. The first-order valence-electron chi connectivity index (χ1n) is 6.00. The highest BCUT2D eigenvalue weighted by Gasteiger charge is 2.46. The maximum Gasteiger partial charge on any atom is 0.159 e. The minimum atomic E-state index is 0.105. The van der Waals surface area contributed by atoms with Gasteiger partial charge in [0.05, 0.1) is 6.10 Å². The molecule has 2 saturated carbocycles. The summed E-state index contributed by atoms with van der Waals surface area (Å²) in [6, 6.07) is 7.49. The maximum absolute atomic E-state index is 11.1. The van der Waals surface area contributed by atoms with Crippen LogP contribution in [-0.4, -0.2) is 11.9 Å². The molecular weight excluding hydrogens is 200 g/mol. The van der Waals surface area contributed by atoms with Crippen LogP contribution in [0, 0.1) is 11.8 Å². The molecule has 1 aromatic carbocycles. The van der Waals surface area contributed by atoms with Gasteiger partial charge in [0.15, 0.2) is 5.78 Å². The summed E-state index contributed by atoms with van der Waals surface area (Å²) in [5.74, 6) is 2.90. The van der Waals surface area contributed by atoms with E-state index in [1.165, 1.54) is 19.3 Å². The van der Waals surface area contributed by atoms with Crippen molar-refractivity contribution >= 4 is 5.78 Å². The zero-order valence-corrected chi connectivity index (χ0v) is 9.48. The molecule has 84 valence electrons. The number of fused-ring (bicyclic) bond motifs is 1. The molecule has 2 fully saturated rings. The Morgan fingerprint density at radius 3 is 2.31 bits per heavy atom. The van der Waals surface area contributed by atoms with Crippen LogP contribution in [0.1, 0.15) is 36.5 Å². The number of hydrogen-bond acceptors (Lipinski definition) is 2. The smallest absolute Gasteiger partial charge is 0.159 e. The molecule has 0 amide bonds. The molecule has 3 rings (SSSR count). The average molecular weight is 216 g/mol. The fourth-order valence-corrected chi connectivity index (χ4v) is 2.72. The minimum Gasteiger partial charge on any atom is -0.490 e. The van der Waals surface area contributed by atoms with Gasteiger partial charge in [-0.25, -0.2) is 0 Å². The van der Waals surface area contributed by atoms with Gasteiger partial charge in [-0.3, -0.25) is 4.79 Å². The van der Waals surface area contributed by atoms with Crippen LogP contribution in [0.4, 0.5) is 0 Å². The first-order valence-corrected chi connectivity index (χ1v) is 6.00. The first kappa shape index (κ1) is 9.88. The highest BCUT2D eigenvalue weighted by molar-refractivity contribution is 5.94. The van der Waals surface area contributed by atoms with Crippen molar-refractivity contribution in [1.82, 2.24) is 0 Å². The Bertz CT molecular complexity index is 397. The van der Waals surface area contributed by atoms with E-state index in [4.69, 9.17) is 4.74 Å². The van der Waals surface area contributed by atoms with Gasteiger partial charge >= 0.3 is 0 Å². The van der Waals surface area contributed by atoms with E-state index in [9.17, 15) is 4.79 Å². The predicted octanol–water partition coefficient (Wildman–Crippen LogP) is 3.07. The summed E-state index contributed by atoms with van der Waals surface area (Å²) in [6.07, 6.45) is 4.27. The number of ether oxygens (including phenoxy) is 1. The predicted molar refractivity (Wildman–Crippen MR) is 61.7 cm³/mol. The Labute approximate surface area is 95.6 Å². The van der Waals surface area contributed by atoms with E-state index in [1.54, 1.807) is 6.92 Å². The second-order valence-electron chi connectivity index (χ2n) is 5.05. The standard InChI is InChI=1S/C14H16O2/c1-9(15)10-2-4-13(5-3-10)16-14-7-11-6-12(11)8-14/h2-5,11-12,14H,6-8H2,1H3. The van der Waals surface area contributed by atoms with Crippen molar-refractivity contribution in [3.8, 4) is 5.75 Å². The Morgan fingerprint density at radius 2 is 1.75 bits per heavy atom. The molecule has 0 aromatic heterocycles. The van der Waals surface area contributed by atoms with Crippen molar-refractivity contribution in [1.29, 1.82) is 0 Å². The van der Waals surface area contributed by atoms with Crippen molar-refractivity contribution < 1.29 is 9.53 Å². The van der Waals surface area contributed by atoms with Gasteiger partial charge in [0.1, 0.15) is 5.75 Å². The van der Waals surface area contributed by atoms with Crippen molar-refractivity contribution in [2.45, 2.75) is 32.3 Å². The van der Waals surface area contributed by atoms with Gasteiger partial charge in [-0.2, -0.15) is 0 Å². The van der Waals surface area contributed by atoms with Crippen LogP contribution in [0.3, 0.4) is 0 Å². The van der Waals surface area contributed by atoms with Crippen LogP contribution >= 0.6 is 0 Å². The molecule has 2 atom stereocenters. The fraction of sp³-hybridized carbons (Fsp3) is 0.500. The Balaban J connectivity index is 1.64. The molecule has 2 unspecified atom stereocenters. The zero-order chi connectivity index (χ0) is 11.1. The second-order valence-corrected chi connectivity index (χ2v) is 5.05. The Hall–Kier alpha value is -1.31. The largest absolute Gasteiger partial charge is 0.490 e. The average Bonchev–Trinajstić information content (AvgIpc) is 2.87. The fourth-order valence-electron chi connectivity index (χ4n) is 2.72. The molecule has 0 N–H and O–H groups in total. The molecule has 0 heterocycles. The van der Waals surface area contributed by atoms with E-state index in [0.717, 1.165) is 23.1 Å². The molecule has 0 radical (unpaired) electrons. The monoisotopic (exact) mass is 216 g/mol. The van der Waals surface area contributed by atoms with Gasteiger partial charge in [0.2, 0.25) is 0 Å². The lowest BCUT2D eigenvalue weighted by Gasteiger charge is -2.15. The van der Waals surface area contributed by atoms with Crippen LogP contribution in [0.5, 0.6) is 5.75 Å². The molecule has 0 spiro atoms. The van der Waals surface area contributed by atoms with Gasteiger partial charge < -0.3 is 4.74 Å². The molecule has 16 heavy (non-hydrogen) atoms. The van der Waals surface area contributed by atoms with Gasteiger partial charge in [0, 0.05) is 5.56 Å². The van der Waals surface area contributed by atoms with Gasteiger partial charge in [0.25, 0.3) is 0 Å². The molecular formula is C14H16O2.